The molecule has 0 bridgehead atoms. The van der Waals surface area contributed by atoms with Crippen molar-refractivity contribution in [1.29, 1.82) is 0 Å². The molecule has 0 atom stereocenters. The van der Waals surface area contributed by atoms with Gasteiger partial charge in [-0.3, -0.25) is 35.3 Å². The minimum atomic E-state index is -3.43. The molecule has 5 N–H and O–H groups in total. The van der Waals surface area contributed by atoms with E-state index < -0.39 is 62.0 Å². The summed E-state index contributed by atoms with van der Waals surface area (Å²) in [6.07, 6.45) is 7.55. The van der Waals surface area contributed by atoms with Gasteiger partial charge in [-0.05, 0) is 284 Å². The minimum Gasteiger partial charge on any atom is -0.489 e. The van der Waals surface area contributed by atoms with Gasteiger partial charge in [0.05, 0.1) is 87.9 Å². The zero-order valence-electron chi connectivity index (χ0n) is 71.1. The quantitative estimate of drug-likeness (QED) is 0.0250. The van der Waals surface area contributed by atoms with Crippen molar-refractivity contribution in [3.05, 3.63) is 268 Å². The summed E-state index contributed by atoms with van der Waals surface area (Å²) in [6.45, 7) is 34.0. The van der Waals surface area contributed by atoms with E-state index in [1.54, 1.807) is 127 Å². The van der Waals surface area contributed by atoms with E-state index in [-0.39, 0.29) is 88.7 Å². The Kier molecular flexibility index (Phi) is 42.3. The second-order valence-corrected chi connectivity index (χ2v) is 37.6. The van der Waals surface area contributed by atoms with Crippen molar-refractivity contribution in [2.24, 2.45) is 0 Å². The number of carbonyl (C=O) groups excluding carboxylic acids is 1. The number of para-hydroxylation sites is 2. The number of nitrogen functional groups attached to an aromatic ring is 2. The number of nitro benzene ring substituents is 3. The number of nitrogens with one attached hydrogen (secondary N) is 1. The van der Waals surface area contributed by atoms with Crippen LogP contribution >= 0.6 is 92.8 Å². The number of aromatic nitrogens is 5. The van der Waals surface area contributed by atoms with E-state index in [4.69, 9.17) is 123 Å². The smallest absolute Gasteiger partial charge is 0.410 e. The molecule has 0 spiro atoms. The molecule has 27 nitrogen and oxygen atoms in total. The molecule has 124 heavy (non-hydrogen) atoms. The number of piperidine rings is 1. The Hall–Kier alpha value is -9.80. The predicted octanol–water partition coefficient (Wildman–Crippen LogP) is 24.7. The fourth-order valence-electron chi connectivity index (χ4n) is 10.7. The molecular weight excluding hydrogens is 1810 g/mol. The van der Waals surface area contributed by atoms with Crippen molar-refractivity contribution in [3.8, 4) is 28.4 Å². The lowest BCUT2D eigenvalue weighted by molar-refractivity contribution is -0.387. The topological polar surface area (TPSA) is 383 Å². The number of ether oxygens (including phenoxy) is 4. The second-order valence-electron chi connectivity index (χ2n) is 29.6. The average molecular weight is 1910 g/mol. The molecule has 1 fully saturated rings. The number of carbonyl (C=O) groups is 1. The monoisotopic (exact) mass is 1910 g/mol. The molecule has 0 aliphatic carbocycles. The third-order valence-corrected chi connectivity index (χ3v) is 23.8. The number of nitro groups is 3. The number of anilines is 4. The zero-order chi connectivity index (χ0) is 93.7. The molecule has 11 rings (SSSR count). The number of pyridine rings is 1. The summed E-state index contributed by atoms with van der Waals surface area (Å²) in [7, 11) is -6.67. The maximum atomic E-state index is 12.8. The summed E-state index contributed by atoms with van der Waals surface area (Å²) in [5.74, 6) is 0.733. The molecule has 3 aromatic heterocycles. The molecule has 1 saturated heterocycles. The van der Waals surface area contributed by atoms with Gasteiger partial charge in [-0.25, -0.2) is 41.0 Å². The van der Waals surface area contributed by atoms with Crippen molar-refractivity contribution in [1.82, 2.24) is 29.8 Å². The molecule has 0 saturated carbocycles. The SMILES string of the molecule is CC(C)S(=O)(=O)c1ccccc1N.CC(C)S(=O)(=O)c1ccccc1Nc1nc(Cl)ncc1Cl.Cc1cc(N)c(OC(C)C)cc1C1CCN(C(=O)OC(C)(C)C)CC1.Cc1cc([N+](=O)[O-])c(F)cc1Cl.Cc1cc([N+](=O)[O-])c(OC(C)C)cc1-c1ccncc1.Cc1cc([N+](=O)[O-])c(OC(C)C)cc1Cl.Cc1ccc(F)cc1Cl.Clc1ncc(Cl)c(Cl)n1. The van der Waals surface area contributed by atoms with E-state index >= 15 is 0 Å². The van der Waals surface area contributed by atoms with Crippen LogP contribution in [0.15, 0.2) is 162 Å². The summed E-state index contributed by atoms with van der Waals surface area (Å²) in [4.78, 5) is 63.7. The van der Waals surface area contributed by atoms with Crippen molar-refractivity contribution in [3.63, 3.8) is 0 Å². The third kappa shape index (κ3) is 33.9. The maximum absolute atomic E-state index is 12.8. The Morgan fingerprint density at radius 1 is 0.524 bits per heavy atom. The van der Waals surface area contributed by atoms with Gasteiger partial charge in [0.2, 0.25) is 16.4 Å². The Bertz CT molecular complexity index is 5520. The lowest BCUT2D eigenvalue weighted by Gasteiger charge is -2.34. The van der Waals surface area contributed by atoms with Gasteiger partial charge in [-0.1, -0.05) is 99.9 Å². The third-order valence-electron chi connectivity index (χ3n) is 16.9. The number of amides is 1. The normalized spacial score (nSPS) is 11.8. The molecule has 0 radical (unpaired) electrons. The number of sulfone groups is 2. The van der Waals surface area contributed by atoms with Gasteiger partial charge in [0.15, 0.2) is 42.1 Å². The highest BCUT2D eigenvalue weighted by molar-refractivity contribution is 7.92. The predicted molar refractivity (Wildman–Crippen MR) is 490 cm³/mol. The molecule has 1 aliphatic heterocycles. The van der Waals surface area contributed by atoms with Gasteiger partial charge in [0.25, 0.3) is 0 Å². The van der Waals surface area contributed by atoms with Crippen LogP contribution in [0, 0.1) is 76.6 Å². The van der Waals surface area contributed by atoms with E-state index in [1.807, 2.05) is 80.5 Å². The Labute approximate surface area is 761 Å². The van der Waals surface area contributed by atoms with Crippen LogP contribution in [-0.2, 0) is 24.4 Å². The molecular formula is C85H98Cl8F2N12O15S2. The van der Waals surface area contributed by atoms with Crippen molar-refractivity contribution in [2.45, 2.75) is 188 Å². The number of hydrogen-bond acceptors (Lipinski definition) is 23. The van der Waals surface area contributed by atoms with Gasteiger partial charge < -0.3 is 40.6 Å². The molecule has 39 heteroatoms. The summed E-state index contributed by atoms with van der Waals surface area (Å²) < 4.78 is 95.3. The van der Waals surface area contributed by atoms with Crippen molar-refractivity contribution in [2.75, 3.05) is 29.9 Å². The summed E-state index contributed by atoms with van der Waals surface area (Å²) >= 11 is 44.9. The Morgan fingerprint density at radius 2 is 0.984 bits per heavy atom. The lowest BCUT2D eigenvalue weighted by atomic mass is 9.86. The maximum Gasteiger partial charge on any atom is 0.410 e. The molecule has 10 aromatic rings. The molecule has 7 aromatic carbocycles. The highest BCUT2D eigenvalue weighted by Crippen LogP contribution is 2.40. The van der Waals surface area contributed by atoms with Gasteiger partial charge >= 0.3 is 23.2 Å². The summed E-state index contributed by atoms with van der Waals surface area (Å²) in [5, 5.41) is 36.0. The molecule has 1 amide bonds. The van der Waals surface area contributed by atoms with E-state index in [0.29, 0.717) is 68.0 Å². The van der Waals surface area contributed by atoms with Crippen molar-refractivity contribution < 1.29 is 64.1 Å². The first-order valence-corrected chi connectivity index (χ1v) is 44.0. The Balaban J connectivity index is 0.000000304. The first kappa shape index (κ1) is 107. The molecule has 4 heterocycles. The number of hydrogen-bond donors (Lipinski definition) is 3. The highest BCUT2D eigenvalue weighted by atomic mass is 35.5. The van der Waals surface area contributed by atoms with Gasteiger partial charge in [0.1, 0.15) is 22.2 Å². The van der Waals surface area contributed by atoms with E-state index in [1.165, 1.54) is 59.9 Å². The van der Waals surface area contributed by atoms with Gasteiger partial charge in [0, 0.05) is 64.8 Å². The second kappa shape index (κ2) is 49.2. The van der Waals surface area contributed by atoms with Crippen LogP contribution in [-0.4, -0.2) is 115 Å². The number of rotatable bonds is 17. The largest absolute Gasteiger partial charge is 0.489 e. The first-order valence-electron chi connectivity index (χ1n) is 37.9. The molecule has 670 valence electrons. The standard InChI is InChI=1S/C20H32N2O3.C15H16N2O3.C13H13Cl2N3O2S.C10H12ClNO3.C9H13NO2S.C7H5ClFNO2.C7H6ClF.C4HCl3N2/c1-13(2)24-18-12-16(14(3)11-17(18)21)15-7-9-22(10-8-15)19(23)25-20(4,5)6;1-10(2)20-15-9-13(12-4-6-16-7-5-12)11(3)8-14(15)17(18)19;1-8(2)21(19,20)11-6-4-3-5-10(11)17-12-9(14)7-16-13(15)18-12;1-6(2)15-10-5-8(11)7(3)4-9(10)12(13)14;1-7(2)13(11,12)9-6-4-3-5-8(9)10;1-4-2-7(10(11)12)6(9)3-5(4)8;1-5-2-3-6(9)4-7(5)8;5-2-1-8-4(7)9-3(2)6/h11-13,15H,7-10,21H2,1-6H3;4-10H,1-3H3;3-8H,1-2H3,(H,16,17,18);4-6H,1-3H3;3-7H,10H2,1-2H3;2-3H,1H3;2-4H,1H3;1H. The zero-order valence-corrected chi connectivity index (χ0v) is 78.8. The van der Waals surface area contributed by atoms with Crippen LogP contribution in [0.2, 0.25) is 40.8 Å². The Morgan fingerprint density at radius 3 is 1.47 bits per heavy atom. The minimum absolute atomic E-state index is 0.00555. The van der Waals surface area contributed by atoms with E-state index in [9.17, 15) is 60.8 Å². The average Bonchev–Trinajstić information content (AvgIpc) is 0.796. The number of nitrogens with zero attached hydrogens (tertiary/aromatic N) is 9. The number of likely N-dealkylation sites (tertiary alicyclic amines) is 1. The lowest BCUT2D eigenvalue weighted by Crippen LogP contribution is -2.41. The number of halogens is 10. The van der Waals surface area contributed by atoms with E-state index in [2.05, 4.69) is 43.2 Å². The van der Waals surface area contributed by atoms with Crippen LogP contribution < -0.4 is 31.0 Å². The number of nitrogens with two attached hydrogens (primary N) is 2. The van der Waals surface area contributed by atoms with Crippen molar-refractivity contribution >= 4 is 159 Å². The van der Waals surface area contributed by atoms with Gasteiger partial charge in [-0.2, -0.15) is 9.37 Å². The van der Waals surface area contributed by atoms with Gasteiger partial charge in [-0.15, -0.1) is 0 Å². The van der Waals surface area contributed by atoms with Crippen LogP contribution in [0.5, 0.6) is 17.2 Å². The van der Waals surface area contributed by atoms with Crippen LogP contribution in [0.3, 0.4) is 0 Å². The van der Waals surface area contributed by atoms with Crippen LogP contribution in [0.1, 0.15) is 142 Å². The van der Waals surface area contributed by atoms with Crippen LogP contribution in [0.4, 0.5) is 53.5 Å². The number of aryl methyl sites for hydroxylation is 5. The van der Waals surface area contributed by atoms with Crippen LogP contribution in [0.25, 0.3) is 11.1 Å². The first-order chi connectivity index (χ1) is 57.7. The fourth-order valence-corrected chi connectivity index (χ4v) is 14.2. The fraction of sp³-hybridized carbons (Fsp3) is 0.341. The number of benzene rings is 7. The summed E-state index contributed by atoms with van der Waals surface area (Å²) in [6, 6.07) is 33.4. The summed E-state index contributed by atoms with van der Waals surface area (Å²) in [5.41, 5.74) is 19.2. The molecule has 1 aliphatic rings. The van der Waals surface area contributed by atoms with E-state index in [0.717, 1.165) is 53.0 Å². The highest BCUT2D eigenvalue weighted by Gasteiger charge is 2.30. The molecule has 0 unspecified atom stereocenters.